The number of nitrogens with zero attached hydrogens (tertiary/aromatic N) is 1. The summed E-state index contributed by atoms with van der Waals surface area (Å²) in [4.78, 5) is 41.2. The second-order valence-corrected chi connectivity index (χ2v) is 4.83. The third-order valence-corrected chi connectivity index (χ3v) is 2.86. The Morgan fingerprint density at radius 1 is 1.45 bits per heavy atom. The first-order valence-electron chi connectivity index (χ1n) is 5.76. The number of aromatic amines is 1. The molecule has 3 N–H and O–H groups in total. The maximum Gasteiger partial charge on any atom is 0.328 e. The number of hydrogen-bond donors (Lipinski definition) is 3. The third-order valence-electron chi connectivity index (χ3n) is 2.86. The minimum Gasteiger partial charge on any atom is -0.480 e. The van der Waals surface area contributed by atoms with Gasteiger partial charge in [0.05, 0.1) is 11.9 Å². The van der Waals surface area contributed by atoms with Crippen LogP contribution in [0, 0.1) is 6.92 Å². The molecule has 2 rings (SSSR count). The molecular formula is C12H13N3O5. The van der Waals surface area contributed by atoms with Gasteiger partial charge in [-0.05, 0) is 20.8 Å². The highest BCUT2D eigenvalue weighted by Crippen LogP contribution is 2.21. The van der Waals surface area contributed by atoms with Crippen LogP contribution in [-0.4, -0.2) is 32.5 Å². The highest BCUT2D eigenvalue weighted by Gasteiger charge is 2.32. The summed E-state index contributed by atoms with van der Waals surface area (Å²) in [7, 11) is 0. The average molecular weight is 279 g/mol. The standard InChI is InChI=1S/C12H13N3O5/c1-5-6(9(17)15-12(2,3)11(18)19)7-8(16)13-4-14-10(7)20-5/h4H,1-3H3,(H,15,17)(H,18,19)(H,13,14,16). The van der Waals surface area contributed by atoms with Gasteiger partial charge < -0.3 is 19.8 Å². The zero-order valence-electron chi connectivity index (χ0n) is 11.1. The van der Waals surface area contributed by atoms with E-state index in [0.717, 1.165) is 6.33 Å². The van der Waals surface area contributed by atoms with Gasteiger partial charge in [0.2, 0.25) is 5.71 Å². The summed E-state index contributed by atoms with van der Waals surface area (Å²) in [6, 6.07) is 0. The number of carbonyl (C=O) groups is 2. The minimum absolute atomic E-state index is 0.00342. The summed E-state index contributed by atoms with van der Waals surface area (Å²) in [5, 5.41) is 11.3. The fourth-order valence-electron chi connectivity index (χ4n) is 1.73. The lowest BCUT2D eigenvalue weighted by Crippen LogP contribution is -2.49. The Bertz CT molecular complexity index is 756. The molecule has 0 aliphatic rings. The van der Waals surface area contributed by atoms with Crippen LogP contribution in [0.25, 0.3) is 11.1 Å². The van der Waals surface area contributed by atoms with Crippen molar-refractivity contribution in [1.29, 1.82) is 0 Å². The van der Waals surface area contributed by atoms with Gasteiger partial charge in [0.25, 0.3) is 11.5 Å². The number of nitrogens with one attached hydrogen (secondary N) is 2. The van der Waals surface area contributed by atoms with Gasteiger partial charge in [0.15, 0.2) is 0 Å². The lowest BCUT2D eigenvalue weighted by Gasteiger charge is -2.20. The van der Waals surface area contributed by atoms with E-state index in [1.165, 1.54) is 20.8 Å². The molecule has 8 nitrogen and oxygen atoms in total. The molecule has 0 fully saturated rings. The fourth-order valence-corrected chi connectivity index (χ4v) is 1.73. The van der Waals surface area contributed by atoms with Crippen LogP contribution in [0.15, 0.2) is 15.5 Å². The molecule has 0 aliphatic heterocycles. The Morgan fingerprint density at radius 2 is 2.10 bits per heavy atom. The minimum atomic E-state index is -1.47. The molecule has 0 radical (unpaired) electrons. The van der Waals surface area contributed by atoms with Crippen molar-refractivity contribution in [3.05, 3.63) is 28.0 Å². The highest BCUT2D eigenvalue weighted by atomic mass is 16.4. The van der Waals surface area contributed by atoms with Crippen LogP contribution < -0.4 is 10.9 Å². The van der Waals surface area contributed by atoms with E-state index in [1.54, 1.807) is 0 Å². The second-order valence-electron chi connectivity index (χ2n) is 4.83. The second kappa shape index (κ2) is 4.48. The lowest BCUT2D eigenvalue weighted by atomic mass is 10.0. The van der Waals surface area contributed by atoms with Crippen molar-refractivity contribution >= 4 is 23.0 Å². The van der Waals surface area contributed by atoms with Crippen molar-refractivity contribution in [2.24, 2.45) is 0 Å². The molecule has 2 aromatic heterocycles. The molecule has 2 heterocycles. The number of aliphatic carboxylic acids is 1. The number of furan rings is 1. The van der Waals surface area contributed by atoms with Crippen molar-refractivity contribution in [2.45, 2.75) is 26.3 Å². The van der Waals surface area contributed by atoms with Gasteiger partial charge in [-0.15, -0.1) is 0 Å². The molecule has 0 spiro atoms. The first-order valence-corrected chi connectivity index (χ1v) is 5.76. The van der Waals surface area contributed by atoms with Gasteiger partial charge in [0.1, 0.15) is 16.7 Å². The van der Waals surface area contributed by atoms with Gasteiger partial charge in [-0.2, -0.15) is 0 Å². The van der Waals surface area contributed by atoms with E-state index in [2.05, 4.69) is 15.3 Å². The summed E-state index contributed by atoms with van der Waals surface area (Å²) in [6.45, 7) is 4.18. The Morgan fingerprint density at radius 3 is 2.70 bits per heavy atom. The van der Waals surface area contributed by atoms with Crippen LogP contribution in [0.4, 0.5) is 0 Å². The Labute approximate surface area is 112 Å². The predicted octanol–water partition coefficient (Wildman–Crippen LogP) is 0.418. The van der Waals surface area contributed by atoms with Crippen molar-refractivity contribution in [3.8, 4) is 0 Å². The number of carbonyl (C=O) groups excluding carboxylic acids is 1. The van der Waals surface area contributed by atoms with E-state index in [1.807, 2.05) is 0 Å². The number of carboxylic acid groups (broad SMARTS) is 1. The number of carboxylic acids is 1. The predicted molar refractivity (Wildman–Crippen MR) is 68.5 cm³/mol. The van der Waals surface area contributed by atoms with E-state index in [4.69, 9.17) is 9.52 Å². The van der Waals surface area contributed by atoms with E-state index in [0.29, 0.717) is 0 Å². The topological polar surface area (TPSA) is 125 Å². The third kappa shape index (κ3) is 2.15. The van der Waals surface area contributed by atoms with Crippen molar-refractivity contribution in [1.82, 2.24) is 15.3 Å². The molecule has 106 valence electrons. The van der Waals surface area contributed by atoms with Crippen LogP contribution in [0.3, 0.4) is 0 Å². The van der Waals surface area contributed by atoms with Gasteiger partial charge in [0, 0.05) is 0 Å². The van der Waals surface area contributed by atoms with Gasteiger partial charge in [-0.3, -0.25) is 9.59 Å². The first-order chi connectivity index (χ1) is 9.24. The molecule has 0 bridgehead atoms. The number of aryl methyl sites for hydroxylation is 1. The van der Waals surface area contributed by atoms with E-state index >= 15 is 0 Å². The van der Waals surface area contributed by atoms with Crippen LogP contribution in [-0.2, 0) is 4.79 Å². The van der Waals surface area contributed by atoms with Crippen LogP contribution in [0.1, 0.15) is 30.0 Å². The van der Waals surface area contributed by atoms with E-state index in [-0.39, 0.29) is 22.4 Å². The summed E-state index contributed by atoms with van der Waals surface area (Å²) in [6.07, 6.45) is 1.16. The number of aromatic nitrogens is 2. The van der Waals surface area contributed by atoms with E-state index < -0.39 is 23.0 Å². The van der Waals surface area contributed by atoms with Crippen LogP contribution >= 0.6 is 0 Å². The van der Waals surface area contributed by atoms with Crippen LogP contribution in [0.5, 0.6) is 0 Å². The molecule has 2 aromatic rings. The molecule has 0 saturated carbocycles. The van der Waals surface area contributed by atoms with Gasteiger partial charge in [-0.25, -0.2) is 9.78 Å². The maximum absolute atomic E-state index is 12.2. The van der Waals surface area contributed by atoms with Crippen molar-refractivity contribution in [3.63, 3.8) is 0 Å². The number of H-pyrrole nitrogens is 1. The Kier molecular flexibility index (Phi) is 3.09. The molecule has 0 unspecified atom stereocenters. The summed E-state index contributed by atoms with van der Waals surface area (Å²) in [5.41, 5.74) is -1.97. The fraction of sp³-hybridized carbons (Fsp3) is 0.333. The summed E-state index contributed by atoms with van der Waals surface area (Å²) in [5.74, 6) is -1.70. The van der Waals surface area contributed by atoms with E-state index in [9.17, 15) is 14.4 Å². The molecule has 1 amide bonds. The highest BCUT2D eigenvalue weighted by molar-refractivity contribution is 6.07. The molecule has 0 aliphatic carbocycles. The molecule has 0 saturated heterocycles. The van der Waals surface area contributed by atoms with Gasteiger partial charge >= 0.3 is 5.97 Å². The largest absolute Gasteiger partial charge is 0.480 e. The number of amides is 1. The molecular weight excluding hydrogens is 266 g/mol. The quantitative estimate of drug-likeness (QED) is 0.747. The molecule has 0 aromatic carbocycles. The molecule has 20 heavy (non-hydrogen) atoms. The monoisotopic (exact) mass is 279 g/mol. The number of hydrogen-bond acceptors (Lipinski definition) is 5. The van der Waals surface area contributed by atoms with Crippen LogP contribution in [0.2, 0.25) is 0 Å². The normalized spacial score (nSPS) is 11.6. The maximum atomic E-state index is 12.2. The molecule has 0 atom stereocenters. The Hall–Kier alpha value is -2.64. The Balaban J connectivity index is 2.54. The number of fused-ring (bicyclic) bond motifs is 1. The zero-order chi connectivity index (χ0) is 15.1. The molecule has 8 heteroatoms. The lowest BCUT2D eigenvalue weighted by molar-refractivity contribution is -0.143. The van der Waals surface area contributed by atoms with Gasteiger partial charge in [-0.1, -0.05) is 0 Å². The van der Waals surface area contributed by atoms with Crippen molar-refractivity contribution < 1.29 is 19.1 Å². The van der Waals surface area contributed by atoms with Crippen molar-refractivity contribution in [2.75, 3.05) is 0 Å². The zero-order valence-corrected chi connectivity index (χ0v) is 11.1. The summed E-state index contributed by atoms with van der Waals surface area (Å²) < 4.78 is 5.24. The smallest absolute Gasteiger partial charge is 0.328 e. The number of rotatable bonds is 3. The SMILES string of the molecule is Cc1oc2nc[nH]c(=O)c2c1C(=O)NC(C)(C)C(=O)O. The first kappa shape index (κ1) is 13.8. The average Bonchev–Trinajstić information content (AvgIpc) is 2.66. The summed E-state index contributed by atoms with van der Waals surface area (Å²) >= 11 is 0.